The van der Waals surface area contributed by atoms with Crippen LogP contribution in [0.15, 0.2) is 24.3 Å². The summed E-state index contributed by atoms with van der Waals surface area (Å²) in [7, 11) is 0. The normalized spacial score (nSPS) is 27.6. The molecule has 2 aromatic rings. The molecule has 202 valence electrons. The average Bonchev–Trinajstić information content (AvgIpc) is 3.58. The zero-order valence-corrected chi connectivity index (χ0v) is 22.6. The molecular weight excluding hydrogens is 462 g/mol. The first-order valence-electron chi connectivity index (χ1n) is 14.8. The molecule has 1 aromatic heterocycles. The standard InChI is InChI=1S/C29H45N7O/c1-29(13-7-3-2-4-8-14-29)35-15-11-24(12-16-35)36-26-10-6-5-9-25(26)32-27(36)33-28(37)31-21-34-19-22-17-30-18-23(22)20-34/h5-6,9-10,22-24,30H,2-4,7-8,11-21H2,1H3,(H2,31,32,33,37). The predicted molar refractivity (Wildman–Crippen MR) is 149 cm³/mol. The van der Waals surface area contributed by atoms with E-state index in [-0.39, 0.29) is 6.03 Å². The van der Waals surface area contributed by atoms with Crippen molar-refractivity contribution in [1.82, 2.24) is 30.0 Å². The number of nitrogens with zero attached hydrogens (tertiary/aromatic N) is 4. The monoisotopic (exact) mass is 507 g/mol. The molecule has 4 heterocycles. The molecule has 6 rings (SSSR count). The lowest BCUT2D eigenvalue weighted by Crippen LogP contribution is -2.50. The quantitative estimate of drug-likeness (QED) is 0.559. The predicted octanol–water partition coefficient (Wildman–Crippen LogP) is 4.41. The molecule has 2 unspecified atom stereocenters. The van der Waals surface area contributed by atoms with Crippen molar-refractivity contribution < 1.29 is 4.79 Å². The summed E-state index contributed by atoms with van der Waals surface area (Å²) in [6, 6.07) is 8.49. The third-order valence-corrected chi connectivity index (χ3v) is 9.77. The lowest BCUT2D eigenvalue weighted by molar-refractivity contribution is 0.0444. The fourth-order valence-electron chi connectivity index (χ4n) is 7.56. The number of hydrogen-bond donors (Lipinski definition) is 3. The maximum Gasteiger partial charge on any atom is 0.322 e. The van der Waals surface area contributed by atoms with Crippen molar-refractivity contribution in [2.45, 2.75) is 76.3 Å². The molecule has 4 fully saturated rings. The fourth-order valence-corrected chi connectivity index (χ4v) is 7.56. The molecule has 4 aliphatic rings. The van der Waals surface area contributed by atoms with Gasteiger partial charge < -0.3 is 15.2 Å². The molecule has 3 saturated heterocycles. The van der Waals surface area contributed by atoms with Crippen LogP contribution >= 0.6 is 0 Å². The van der Waals surface area contributed by atoms with Crippen LogP contribution < -0.4 is 16.0 Å². The van der Waals surface area contributed by atoms with Crippen molar-refractivity contribution in [2.24, 2.45) is 11.8 Å². The Kier molecular flexibility index (Phi) is 7.41. The van der Waals surface area contributed by atoms with Gasteiger partial charge >= 0.3 is 6.03 Å². The number of amides is 2. The first-order valence-corrected chi connectivity index (χ1v) is 14.8. The zero-order valence-electron chi connectivity index (χ0n) is 22.6. The summed E-state index contributed by atoms with van der Waals surface area (Å²) in [5.74, 6) is 2.13. The Morgan fingerprint density at radius 1 is 1.03 bits per heavy atom. The molecule has 8 nitrogen and oxygen atoms in total. The number of urea groups is 1. The third kappa shape index (κ3) is 5.38. The number of anilines is 1. The van der Waals surface area contributed by atoms with Gasteiger partial charge in [-0.3, -0.25) is 15.1 Å². The maximum atomic E-state index is 13.0. The Hall–Kier alpha value is -2.16. The first kappa shape index (κ1) is 25.1. The van der Waals surface area contributed by atoms with Gasteiger partial charge in [0.05, 0.1) is 17.7 Å². The van der Waals surface area contributed by atoms with Gasteiger partial charge in [-0.2, -0.15) is 0 Å². The molecule has 8 heteroatoms. The van der Waals surface area contributed by atoms with Gasteiger partial charge in [0.15, 0.2) is 0 Å². The van der Waals surface area contributed by atoms with Crippen LogP contribution in [0, 0.1) is 11.8 Å². The molecule has 0 radical (unpaired) electrons. The fraction of sp³-hybridized carbons (Fsp3) is 0.724. The van der Waals surface area contributed by atoms with Crippen LogP contribution in [0.3, 0.4) is 0 Å². The van der Waals surface area contributed by atoms with E-state index < -0.39 is 0 Å². The molecule has 37 heavy (non-hydrogen) atoms. The van der Waals surface area contributed by atoms with Gasteiger partial charge in [-0.05, 0) is 69.7 Å². The Morgan fingerprint density at radius 2 is 1.70 bits per heavy atom. The van der Waals surface area contributed by atoms with Crippen molar-refractivity contribution in [3.63, 3.8) is 0 Å². The second kappa shape index (κ2) is 10.9. The van der Waals surface area contributed by atoms with Gasteiger partial charge in [0.1, 0.15) is 0 Å². The Labute approximate surface area is 221 Å². The summed E-state index contributed by atoms with van der Waals surface area (Å²) in [5, 5.41) is 9.70. The van der Waals surface area contributed by atoms with E-state index in [4.69, 9.17) is 4.98 Å². The van der Waals surface area contributed by atoms with E-state index in [0.29, 0.717) is 24.2 Å². The summed E-state index contributed by atoms with van der Waals surface area (Å²) >= 11 is 0. The first-order chi connectivity index (χ1) is 18.1. The van der Waals surface area contributed by atoms with Gasteiger partial charge in [0.25, 0.3) is 0 Å². The van der Waals surface area contributed by atoms with Crippen molar-refractivity contribution in [3.8, 4) is 0 Å². The largest absolute Gasteiger partial charge is 0.325 e. The molecule has 1 aromatic carbocycles. The van der Waals surface area contributed by atoms with Crippen LogP contribution in [0.5, 0.6) is 0 Å². The van der Waals surface area contributed by atoms with E-state index in [1.54, 1.807) is 0 Å². The van der Waals surface area contributed by atoms with Crippen LogP contribution in [0.25, 0.3) is 11.0 Å². The van der Waals surface area contributed by atoms with Crippen LogP contribution in [0.1, 0.15) is 70.8 Å². The summed E-state index contributed by atoms with van der Waals surface area (Å²) in [5.41, 5.74) is 2.41. The Bertz CT molecular complexity index is 1060. The highest BCUT2D eigenvalue weighted by Gasteiger charge is 2.37. The van der Waals surface area contributed by atoms with Crippen LogP contribution in [-0.4, -0.2) is 76.9 Å². The summed E-state index contributed by atoms with van der Waals surface area (Å²) in [4.78, 5) is 23.0. The Balaban J connectivity index is 1.11. The number of carbonyl (C=O) groups is 1. The Morgan fingerprint density at radius 3 is 2.43 bits per heavy atom. The van der Waals surface area contributed by atoms with E-state index in [9.17, 15) is 4.79 Å². The smallest absolute Gasteiger partial charge is 0.322 e. The van der Waals surface area contributed by atoms with Crippen molar-refractivity contribution >= 4 is 23.0 Å². The van der Waals surface area contributed by atoms with Crippen LogP contribution in [0.4, 0.5) is 10.7 Å². The molecule has 3 aliphatic heterocycles. The van der Waals surface area contributed by atoms with Crippen molar-refractivity contribution in [1.29, 1.82) is 0 Å². The molecule has 0 bridgehead atoms. The molecule has 3 N–H and O–H groups in total. The summed E-state index contributed by atoms with van der Waals surface area (Å²) in [6.07, 6.45) is 11.8. The van der Waals surface area contributed by atoms with Gasteiger partial charge in [-0.15, -0.1) is 0 Å². The van der Waals surface area contributed by atoms with Gasteiger partial charge in [0.2, 0.25) is 5.95 Å². The third-order valence-electron chi connectivity index (χ3n) is 9.77. The molecular formula is C29H45N7O. The number of hydrogen-bond acceptors (Lipinski definition) is 5. The number of imidazole rings is 1. The number of carbonyl (C=O) groups excluding carboxylic acids is 1. The van der Waals surface area contributed by atoms with Gasteiger partial charge in [0, 0.05) is 37.8 Å². The van der Waals surface area contributed by atoms with Crippen molar-refractivity contribution in [3.05, 3.63) is 24.3 Å². The second-order valence-electron chi connectivity index (χ2n) is 12.3. The lowest BCUT2D eigenvalue weighted by Gasteiger charge is -2.46. The van der Waals surface area contributed by atoms with Gasteiger partial charge in [-0.1, -0.05) is 44.2 Å². The minimum absolute atomic E-state index is 0.161. The van der Waals surface area contributed by atoms with Gasteiger partial charge in [-0.25, -0.2) is 9.78 Å². The van der Waals surface area contributed by atoms with E-state index in [2.05, 4.69) is 55.4 Å². The number of para-hydroxylation sites is 2. The highest BCUT2D eigenvalue weighted by molar-refractivity contribution is 5.90. The number of aromatic nitrogens is 2. The highest BCUT2D eigenvalue weighted by Crippen LogP contribution is 2.37. The molecule has 1 aliphatic carbocycles. The maximum absolute atomic E-state index is 13.0. The number of nitrogens with one attached hydrogen (secondary N) is 3. The number of likely N-dealkylation sites (tertiary alicyclic amines) is 2. The van der Waals surface area contributed by atoms with E-state index in [1.807, 2.05) is 6.07 Å². The topological polar surface area (TPSA) is 77.5 Å². The second-order valence-corrected chi connectivity index (χ2v) is 12.3. The minimum atomic E-state index is -0.161. The number of rotatable bonds is 5. The number of fused-ring (bicyclic) bond motifs is 2. The average molecular weight is 508 g/mol. The summed E-state index contributed by atoms with van der Waals surface area (Å²) < 4.78 is 2.30. The van der Waals surface area contributed by atoms with Crippen LogP contribution in [0.2, 0.25) is 0 Å². The van der Waals surface area contributed by atoms with Crippen LogP contribution in [-0.2, 0) is 0 Å². The molecule has 2 amide bonds. The molecule has 1 saturated carbocycles. The SMILES string of the molecule is CC1(N2CCC(n3c(NC(=O)NCN4CC5CNCC5C4)nc4ccccc43)CC2)CCCCCCC1. The zero-order chi connectivity index (χ0) is 25.2. The highest BCUT2D eigenvalue weighted by atomic mass is 16.2. The number of benzene rings is 1. The minimum Gasteiger partial charge on any atom is -0.325 e. The number of piperidine rings is 1. The van der Waals surface area contributed by atoms with E-state index in [0.717, 1.165) is 75.0 Å². The molecule has 0 spiro atoms. The van der Waals surface area contributed by atoms with E-state index in [1.165, 1.54) is 44.9 Å². The van der Waals surface area contributed by atoms with Crippen molar-refractivity contribution in [2.75, 3.05) is 51.3 Å². The summed E-state index contributed by atoms with van der Waals surface area (Å²) in [6.45, 7) is 9.67. The van der Waals surface area contributed by atoms with E-state index >= 15 is 0 Å². The lowest BCUT2D eigenvalue weighted by atomic mass is 9.82. The molecule has 2 atom stereocenters.